The molecular weight excluding hydrogens is 312 g/mol. The summed E-state index contributed by atoms with van der Waals surface area (Å²) >= 11 is 0. The molecular formula is C16H16N4O4. The zero-order chi connectivity index (χ0) is 16.9. The number of nitrogens with one attached hydrogen (secondary N) is 2. The summed E-state index contributed by atoms with van der Waals surface area (Å²) in [6.45, 7) is 0.774. The maximum absolute atomic E-state index is 11.9. The molecule has 2 N–H and O–H groups in total. The molecule has 1 fully saturated rings. The third-order valence-electron chi connectivity index (χ3n) is 3.61. The van der Waals surface area contributed by atoms with Gasteiger partial charge in [0.15, 0.2) is 0 Å². The standard InChI is InChI=1S/C16H16N4O4/c21-14-7-6-13(18-19-14)15(22)17-9-8-12-10-20(16(23)24-12)11-4-2-1-3-5-11/h1-7,12H,8-10H2,(H,17,22)(H,19,21). The third kappa shape index (κ3) is 3.60. The predicted octanol–water partition coefficient (Wildman–Crippen LogP) is 0.915. The Kier molecular flexibility index (Phi) is 4.55. The number of hydrogen-bond acceptors (Lipinski definition) is 5. The van der Waals surface area contributed by atoms with Crippen LogP contribution in [0.15, 0.2) is 47.3 Å². The number of H-pyrrole nitrogens is 1. The van der Waals surface area contributed by atoms with Gasteiger partial charge in [0.2, 0.25) is 0 Å². The van der Waals surface area contributed by atoms with E-state index in [0.29, 0.717) is 19.5 Å². The SMILES string of the molecule is O=C(NCCC1CN(c2ccccc2)C(=O)O1)c1ccc(=O)[nH]n1. The van der Waals surface area contributed by atoms with Crippen LogP contribution in [0.2, 0.25) is 0 Å². The highest BCUT2D eigenvalue weighted by Crippen LogP contribution is 2.22. The van der Waals surface area contributed by atoms with Crippen molar-refractivity contribution in [1.82, 2.24) is 15.5 Å². The lowest BCUT2D eigenvalue weighted by Gasteiger charge is -2.12. The molecule has 2 amide bonds. The van der Waals surface area contributed by atoms with Crippen molar-refractivity contribution in [1.29, 1.82) is 0 Å². The number of aromatic nitrogens is 2. The molecule has 1 aromatic carbocycles. The molecule has 0 radical (unpaired) electrons. The van der Waals surface area contributed by atoms with Gasteiger partial charge in [0.25, 0.3) is 11.5 Å². The second-order valence-electron chi connectivity index (χ2n) is 5.30. The number of amides is 2. The quantitative estimate of drug-likeness (QED) is 0.849. The molecule has 1 aromatic heterocycles. The van der Waals surface area contributed by atoms with Crippen LogP contribution in [-0.4, -0.2) is 41.4 Å². The van der Waals surface area contributed by atoms with Gasteiger partial charge in [-0.2, -0.15) is 5.10 Å². The predicted molar refractivity (Wildman–Crippen MR) is 85.9 cm³/mol. The van der Waals surface area contributed by atoms with Crippen molar-refractivity contribution in [2.75, 3.05) is 18.0 Å². The number of ether oxygens (including phenoxy) is 1. The molecule has 0 aliphatic carbocycles. The number of carbonyl (C=O) groups excluding carboxylic acids is 2. The molecule has 2 aromatic rings. The van der Waals surface area contributed by atoms with Crippen molar-refractivity contribution in [3.63, 3.8) is 0 Å². The Morgan fingerprint density at radius 2 is 2.04 bits per heavy atom. The number of cyclic esters (lactones) is 1. The van der Waals surface area contributed by atoms with E-state index < -0.39 is 5.91 Å². The van der Waals surface area contributed by atoms with Crippen molar-refractivity contribution in [2.45, 2.75) is 12.5 Å². The van der Waals surface area contributed by atoms with Crippen molar-refractivity contribution in [3.8, 4) is 0 Å². The van der Waals surface area contributed by atoms with Crippen LogP contribution in [0.25, 0.3) is 0 Å². The van der Waals surface area contributed by atoms with E-state index in [0.717, 1.165) is 5.69 Å². The fourth-order valence-corrected chi connectivity index (χ4v) is 2.40. The molecule has 8 nitrogen and oxygen atoms in total. The van der Waals surface area contributed by atoms with Gasteiger partial charge < -0.3 is 10.1 Å². The van der Waals surface area contributed by atoms with Crippen LogP contribution in [0.5, 0.6) is 0 Å². The summed E-state index contributed by atoms with van der Waals surface area (Å²) in [6, 6.07) is 11.9. The molecule has 2 heterocycles. The zero-order valence-electron chi connectivity index (χ0n) is 12.8. The summed E-state index contributed by atoms with van der Waals surface area (Å²) in [4.78, 5) is 36.2. The van der Waals surface area contributed by atoms with E-state index >= 15 is 0 Å². The first kappa shape index (κ1) is 15.7. The zero-order valence-corrected chi connectivity index (χ0v) is 12.8. The fourth-order valence-electron chi connectivity index (χ4n) is 2.40. The number of rotatable bonds is 5. The average Bonchev–Trinajstić information content (AvgIpc) is 2.97. The number of anilines is 1. The number of para-hydroxylation sites is 1. The Balaban J connectivity index is 1.49. The molecule has 0 saturated carbocycles. The molecule has 3 rings (SSSR count). The number of hydrogen-bond donors (Lipinski definition) is 2. The molecule has 24 heavy (non-hydrogen) atoms. The summed E-state index contributed by atoms with van der Waals surface area (Å²) in [5.41, 5.74) is 0.542. The lowest BCUT2D eigenvalue weighted by atomic mass is 10.2. The van der Waals surface area contributed by atoms with E-state index in [2.05, 4.69) is 15.5 Å². The summed E-state index contributed by atoms with van der Waals surface area (Å²) in [5.74, 6) is -0.393. The van der Waals surface area contributed by atoms with Crippen LogP contribution < -0.4 is 15.8 Å². The van der Waals surface area contributed by atoms with Gasteiger partial charge >= 0.3 is 6.09 Å². The normalized spacial score (nSPS) is 16.8. The number of aromatic amines is 1. The van der Waals surface area contributed by atoms with Crippen molar-refractivity contribution in [3.05, 3.63) is 58.5 Å². The number of carbonyl (C=O) groups is 2. The maximum Gasteiger partial charge on any atom is 0.414 e. The van der Waals surface area contributed by atoms with E-state index in [9.17, 15) is 14.4 Å². The van der Waals surface area contributed by atoms with Crippen molar-refractivity contribution in [2.24, 2.45) is 0 Å². The minimum absolute atomic E-state index is 0.129. The summed E-state index contributed by atoms with van der Waals surface area (Å²) in [6.07, 6.45) is -0.189. The highest BCUT2D eigenvalue weighted by atomic mass is 16.6. The van der Waals surface area contributed by atoms with Gasteiger partial charge in [-0.05, 0) is 18.2 Å². The molecule has 1 aliphatic heterocycles. The lowest BCUT2D eigenvalue weighted by molar-refractivity contribution is 0.0938. The molecule has 124 valence electrons. The molecule has 8 heteroatoms. The van der Waals surface area contributed by atoms with Gasteiger partial charge in [-0.15, -0.1) is 0 Å². The van der Waals surface area contributed by atoms with E-state index in [4.69, 9.17) is 4.74 Å². The van der Waals surface area contributed by atoms with Crippen LogP contribution in [-0.2, 0) is 4.74 Å². The Morgan fingerprint density at radius 1 is 1.25 bits per heavy atom. The number of nitrogens with zero attached hydrogens (tertiary/aromatic N) is 2. The first-order chi connectivity index (χ1) is 11.6. The Labute approximate surface area is 137 Å². The third-order valence-corrected chi connectivity index (χ3v) is 3.61. The van der Waals surface area contributed by atoms with Gasteiger partial charge in [-0.25, -0.2) is 9.89 Å². The van der Waals surface area contributed by atoms with Crippen LogP contribution in [0.4, 0.5) is 10.5 Å². The summed E-state index contributed by atoms with van der Waals surface area (Å²) in [5, 5.41) is 8.53. The Bertz CT molecular complexity index is 770. The van der Waals surface area contributed by atoms with Crippen molar-refractivity contribution >= 4 is 17.7 Å². The molecule has 1 aliphatic rings. The van der Waals surface area contributed by atoms with Crippen molar-refractivity contribution < 1.29 is 14.3 Å². The molecule has 0 bridgehead atoms. The van der Waals surface area contributed by atoms with Gasteiger partial charge in [0.1, 0.15) is 11.8 Å². The van der Waals surface area contributed by atoms with Gasteiger partial charge in [0.05, 0.1) is 6.54 Å². The Morgan fingerprint density at radius 3 is 2.75 bits per heavy atom. The van der Waals surface area contributed by atoms with E-state index in [1.165, 1.54) is 12.1 Å². The van der Waals surface area contributed by atoms with E-state index in [1.54, 1.807) is 4.90 Å². The smallest absolute Gasteiger partial charge is 0.414 e. The van der Waals surface area contributed by atoms with E-state index in [1.807, 2.05) is 30.3 Å². The molecule has 1 saturated heterocycles. The van der Waals surface area contributed by atoms with Crippen LogP contribution in [0.1, 0.15) is 16.9 Å². The topological polar surface area (TPSA) is 104 Å². The molecule has 0 spiro atoms. The second kappa shape index (κ2) is 6.95. The minimum atomic E-state index is -0.393. The van der Waals surface area contributed by atoms with Gasteiger partial charge in [-0.3, -0.25) is 14.5 Å². The van der Waals surface area contributed by atoms with Crippen LogP contribution >= 0.6 is 0 Å². The van der Waals surface area contributed by atoms with E-state index in [-0.39, 0.29) is 23.5 Å². The second-order valence-corrected chi connectivity index (χ2v) is 5.30. The van der Waals surface area contributed by atoms with Crippen LogP contribution in [0, 0.1) is 0 Å². The average molecular weight is 328 g/mol. The molecule has 1 atom stereocenters. The first-order valence-corrected chi connectivity index (χ1v) is 7.50. The summed E-state index contributed by atoms with van der Waals surface area (Å²) < 4.78 is 5.30. The molecule has 1 unspecified atom stereocenters. The van der Waals surface area contributed by atoms with Gasteiger partial charge in [-0.1, -0.05) is 18.2 Å². The first-order valence-electron chi connectivity index (χ1n) is 7.50. The fraction of sp³-hybridized carbons (Fsp3) is 0.250. The Hall–Kier alpha value is -3.16. The highest BCUT2D eigenvalue weighted by molar-refractivity contribution is 5.92. The minimum Gasteiger partial charge on any atom is -0.444 e. The monoisotopic (exact) mass is 328 g/mol. The largest absolute Gasteiger partial charge is 0.444 e. The van der Waals surface area contributed by atoms with Gasteiger partial charge in [0, 0.05) is 24.7 Å². The highest BCUT2D eigenvalue weighted by Gasteiger charge is 2.31. The maximum atomic E-state index is 11.9. The number of benzene rings is 1. The summed E-state index contributed by atoms with van der Waals surface area (Å²) in [7, 11) is 0. The van der Waals surface area contributed by atoms with Crippen LogP contribution in [0.3, 0.4) is 0 Å². The lowest BCUT2D eigenvalue weighted by Crippen LogP contribution is -2.30.